The van der Waals surface area contributed by atoms with Gasteiger partial charge >= 0.3 is 0 Å². The number of hydrogen-bond acceptors (Lipinski definition) is 3. The van der Waals surface area contributed by atoms with Crippen LogP contribution in [0.5, 0.6) is 0 Å². The Morgan fingerprint density at radius 1 is 1.75 bits per heavy atom. The summed E-state index contributed by atoms with van der Waals surface area (Å²) in [5.41, 5.74) is 0. The van der Waals surface area contributed by atoms with E-state index in [4.69, 9.17) is 10.4 Å². The molecular formula is HN2O2-. The molecular weight excluding hydrogens is 60.0 g/mol. The van der Waals surface area contributed by atoms with Crippen LogP contribution in [0.25, 0.3) is 0 Å². The SMILES string of the molecule is [O-]/N=N/O. The fourth-order valence-corrected chi connectivity index (χ4v) is 0. The van der Waals surface area contributed by atoms with Crippen LogP contribution in [0.2, 0.25) is 0 Å². The van der Waals surface area contributed by atoms with Crippen molar-refractivity contribution < 1.29 is 5.21 Å². The topological polar surface area (TPSA) is 68.0 Å². The summed E-state index contributed by atoms with van der Waals surface area (Å²) in [6.45, 7) is 0. The third-order valence-corrected chi connectivity index (χ3v) is 0.0365. The van der Waals surface area contributed by atoms with Crippen molar-refractivity contribution in [2.45, 2.75) is 0 Å². The first kappa shape index (κ1) is 3.20. The predicted molar refractivity (Wildman–Crippen MR) is 10.0 cm³/mol. The summed E-state index contributed by atoms with van der Waals surface area (Å²) in [7, 11) is 0. The van der Waals surface area contributed by atoms with Crippen molar-refractivity contribution in [2.24, 2.45) is 10.6 Å². The first-order chi connectivity index (χ1) is 1.91. The number of rotatable bonds is 0. The van der Waals surface area contributed by atoms with E-state index in [0.717, 1.165) is 0 Å². The first-order valence-electron chi connectivity index (χ1n) is 0.583. The van der Waals surface area contributed by atoms with Crippen LogP contribution in [0.1, 0.15) is 0 Å². The van der Waals surface area contributed by atoms with Gasteiger partial charge in [0.15, 0.2) is 0 Å². The highest BCUT2D eigenvalue weighted by molar-refractivity contribution is 4.12. The molecule has 0 aliphatic heterocycles. The maximum atomic E-state index is 8.51. The van der Waals surface area contributed by atoms with Crippen molar-refractivity contribution in [3.8, 4) is 0 Å². The average molecular weight is 61.0 g/mol. The van der Waals surface area contributed by atoms with E-state index in [2.05, 4.69) is 0 Å². The molecule has 4 heteroatoms. The van der Waals surface area contributed by atoms with Crippen LogP contribution in [-0.4, -0.2) is 5.21 Å². The van der Waals surface area contributed by atoms with Crippen LogP contribution in [0.4, 0.5) is 0 Å². The zero-order valence-corrected chi connectivity index (χ0v) is 1.75. The van der Waals surface area contributed by atoms with E-state index in [1.54, 1.807) is 10.6 Å². The fourth-order valence-electron chi connectivity index (χ4n) is 0. The minimum Gasteiger partial charge on any atom is -0.773 e. The highest BCUT2D eigenvalue weighted by atomic mass is 16.5. The van der Waals surface area contributed by atoms with Crippen molar-refractivity contribution in [3.05, 3.63) is 5.21 Å². The molecule has 0 unspecified atom stereocenters. The lowest BCUT2D eigenvalue weighted by Crippen LogP contribution is -1.36. The van der Waals surface area contributed by atoms with Gasteiger partial charge in [-0.1, -0.05) is 0 Å². The van der Waals surface area contributed by atoms with E-state index in [-0.39, 0.29) is 0 Å². The molecule has 0 aliphatic carbocycles. The number of hydrogen-bond donors (Lipinski definition) is 1. The molecule has 0 fully saturated rings. The largest absolute Gasteiger partial charge is 0.773 e. The van der Waals surface area contributed by atoms with Gasteiger partial charge in [0, 0.05) is 5.28 Å². The van der Waals surface area contributed by atoms with E-state index in [1.165, 1.54) is 0 Å². The molecule has 4 nitrogen and oxygen atoms in total. The van der Waals surface area contributed by atoms with Gasteiger partial charge < -0.3 is 10.4 Å². The van der Waals surface area contributed by atoms with Crippen molar-refractivity contribution >= 4 is 0 Å². The van der Waals surface area contributed by atoms with Crippen LogP contribution in [-0.2, 0) is 0 Å². The monoisotopic (exact) mass is 61.0 g/mol. The summed E-state index contributed by atoms with van der Waals surface area (Å²) >= 11 is 0. The second-order valence-corrected chi connectivity index (χ2v) is 0.171. The minimum absolute atomic E-state index is 1.67. The van der Waals surface area contributed by atoms with E-state index in [9.17, 15) is 0 Å². The van der Waals surface area contributed by atoms with Gasteiger partial charge in [-0.2, -0.15) is 5.28 Å². The first-order valence-corrected chi connectivity index (χ1v) is 0.583. The van der Waals surface area contributed by atoms with Crippen LogP contribution >= 0.6 is 0 Å². The van der Waals surface area contributed by atoms with E-state index in [0.29, 0.717) is 0 Å². The lowest BCUT2D eigenvalue weighted by atomic mass is 13.0. The van der Waals surface area contributed by atoms with Crippen LogP contribution in [0, 0.1) is 5.21 Å². The van der Waals surface area contributed by atoms with Crippen LogP contribution < -0.4 is 0 Å². The standard InChI is InChI=1S/H2N2O2/c3-1-2-4/h(H,1,4)(H,2,3)/p-1. The van der Waals surface area contributed by atoms with Gasteiger partial charge in [0.25, 0.3) is 0 Å². The lowest BCUT2D eigenvalue weighted by molar-refractivity contribution is 0.288. The molecule has 24 valence electrons. The van der Waals surface area contributed by atoms with E-state index in [1.807, 2.05) is 0 Å². The van der Waals surface area contributed by atoms with Gasteiger partial charge in [0.2, 0.25) is 0 Å². The van der Waals surface area contributed by atoms with E-state index >= 15 is 0 Å². The molecule has 0 saturated heterocycles. The van der Waals surface area contributed by atoms with Gasteiger partial charge in [-0.05, 0) is 0 Å². The number of nitrogens with zero attached hydrogens (tertiary/aromatic N) is 2. The molecule has 0 heterocycles. The Hall–Kier alpha value is -0.800. The maximum Gasteiger partial charge on any atom is 0.0148 e. The Bertz CT molecular complexity index is 19.2. The summed E-state index contributed by atoms with van der Waals surface area (Å²) < 4.78 is 0. The molecule has 0 radical (unpaired) electrons. The molecule has 0 bridgehead atoms. The minimum atomic E-state index is 1.67. The third kappa shape index (κ3) is 1.20. The lowest BCUT2D eigenvalue weighted by Gasteiger charge is -1.73. The smallest absolute Gasteiger partial charge is 0.0148 e. The Kier molecular flexibility index (Phi) is 1.76. The van der Waals surface area contributed by atoms with Gasteiger partial charge in [-0.3, -0.25) is 0 Å². The Morgan fingerprint density at radius 3 is 2.00 bits per heavy atom. The normalized spacial score (nSPS) is 9.00. The van der Waals surface area contributed by atoms with E-state index < -0.39 is 0 Å². The highest BCUT2D eigenvalue weighted by Gasteiger charge is 1.21. The van der Waals surface area contributed by atoms with Crippen LogP contribution in [0.3, 0.4) is 0 Å². The average Bonchev–Trinajstić information content (AvgIpc) is 1.37. The zero-order chi connectivity index (χ0) is 3.41. The molecule has 0 amide bonds. The van der Waals surface area contributed by atoms with Crippen molar-refractivity contribution in [3.63, 3.8) is 0 Å². The summed E-state index contributed by atoms with van der Waals surface area (Å²) in [4.78, 5) is 0. The van der Waals surface area contributed by atoms with Crippen molar-refractivity contribution in [1.29, 1.82) is 0 Å². The van der Waals surface area contributed by atoms with Gasteiger partial charge in [0.1, 0.15) is 0 Å². The van der Waals surface area contributed by atoms with Crippen LogP contribution in [0.15, 0.2) is 10.6 Å². The van der Waals surface area contributed by atoms with Gasteiger partial charge in [0.05, 0.1) is 0 Å². The Balaban J connectivity index is 2.55. The van der Waals surface area contributed by atoms with Crippen molar-refractivity contribution in [1.82, 2.24) is 0 Å². The highest BCUT2D eigenvalue weighted by Crippen LogP contribution is 1.51. The zero-order valence-electron chi connectivity index (χ0n) is 1.75. The Labute approximate surface area is 22.3 Å². The molecule has 0 spiro atoms. The molecule has 0 aromatic carbocycles. The molecule has 0 saturated carbocycles. The summed E-state index contributed by atoms with van der Waals surface area (Å²) in [6, 6.07) is 0. The molecule has 4 heavy (non-hydrogen) atoms. The summed E-state index contributed by atoms with van der Waals surface area (Å²) in [5, 5.41) is 19.0. The quantitative estimate of drug-likeness (QED) is 0.324. The fraction of sp³-hybridized carbons (Fsp3) is 0. The van der Waals surface area contributed by atoms with Gasteiger partial charge in [-0.25, -0.2) is 0 Å². The summed E-state index contributed by atoms with van der Waals surface area (Å²) in [6.07, 6.45) is 0. The maximum absolute atomic E-state index is 8.51. The molecule has 0 rings (SSSR count). The molecule has 0 aromatic rings. The second kappa shape index (κ2) is 2.20. The van der Waals surface area contributed by atoms with Gasteiger partial charge in [-0.15, -0.1) is 0 Å². The molecule has 0 aromatic heterocycles. The molecule has 0 atom stereocenters. The molecule has 1 N–H and O–H groups in total. The Morgan fingerprint density at radius 2 is 2.00 bits per heavy atom. The third-order valence-electron chi connectivity index (χ3n) is 0.0365. The second-order valence-electron chi connectivity index (χ2n) is 0.171. The molecule has 0 aliphatic rings. The predicted octanol–water partition coefficient (Wildman–Crippen LogP) is 0.326. The summed E-state index contributed by atoms with van der Waals surface area (Å²) in [5.74, 6) is 0. The van der Waals surface area contributed by atoms with Crippen molar-refractivity contribution in [2.75, 3.05) is 0 Å².